The predicted molar refractivity (Wildman–Crippen MR) is 82.2 cm³/mol. The van der Waals surface area contributed by atoms with Crippen LogP contribution in [0.5, 0.6) is 0 Å². The van der Waals surface area contributed by atoms with Gasteiger partial charge in [-0.25, -0.2) is 4.39 Å². The Morgan fingerprint density at radius 3 is 2.05 bits per heavy atom. The summed E-state index contributed by atoms with van der Waals surface area (Å²) < 4.78 is 14.3. The van der Waals surface area contributed by atoms with Crippen LogP contribution in [0, 0.1) is 11.3 Å². The van der Waals surface area contributed by atoms with Gasteiger partial charge in [0, 0.05) is 11.3 Å². The molecule has 0 radical (unpaired) electrons. The Labute approximate surface area is 130 Å². The molecule has 120 valence electrons. The molecule has 0 rings (SSSR count). The van der Waals surface area contributed by atoms with Gasteiger partial charge in [0.25, 0.3) is 0 Å². The molecule has 3 nitrogen and oxygen atoms in total. The Morgan fingerprint density at radius 2 is 1.71 bits per heavy atom. The van der Waals surface area contributed by atoms with Gasteiger partial charge < -0.3 is 0 Å². The largest absolute Gasteiger partial charge is 0.300 e. The second kappa shape index (κ2) is 7.83. The number of carbonyl (C=O) groups excluding carboxylic acids is 3. The van der Waals surface area contributed by atoms with Crippen LogP contribution in [0.25, 0.3) is 0 Å². The molecule has 0 saturated heterocycles. The first-order chi connectivity index (χ1) is 9.43. The highest BCUT2D eigenvalue weighted by molar-refractivity contribution is 6.34. The van der Waals surface area contributed by atoms with Gasteiger partial charge in [0.05, 0.1) is 0 Å². The topological polar surface area (TPSA) is 51.2 Å². The van der Waals surface area contributed by atoms with Gasteiger partial charge in [-0.15, -0.1) is 11.6 Å². The summed E-state index contributed by atoms with van der Waals surface area (Å²) >= 11 is 5.93. The van der Waals surface area contributed by atoms with Crippen LogP contribution in [-0.2, 0) is 14.4 Å². The average Bonchev–Trinajstić information content (AvgIpc) is 2.39. The number of hydrogen-bond donors (Lipinski definition) is 0. The van der Waals surface area contributed by atoms with E-state index in [1.807, 2.05) is 0 Å². The summed E-state index contributed by atoms with van der Waals surface area (Å²) in [5, 5.41) is -1.04. The lowest BCUT2D eigenvalue weighted by Gasteiger charge is -2.21. The van der Waals surface area contributed by atoms with Crippen LogP contribution >= 0.6 is 11.6 Å². The molecular weight excluding hydrogens is 295 g/mol. The van der Waals surface area contributed by atoms with Gasteiger partial charge in [-0.2, -0.15) is 0 Å². The van der Waals surface area contributed by atoms with Crippen molar-refractivity contribution < 1.29 is 18.8 Å². The van der Waals surface area contributed by atoms with Crippen molar-refractivity contribution in [3.8, 4) is 0 Å². The van der Waals surface area contributed by atoms with Crippen molar-refractivity contribution in [3.05, 3.63) is 11.6 Å². The summed E-state index contributed by atoms with van der Waals surface area (Å²) in [6.07, 6.45) is -0.520. The van der Waals surface area contributed by atoms with Gasteiger partial charge in [0.2, 0.25) is 0 Å². The highest BCUT2D eigenvalue weighted by Crippen LogP contribution is 2.25. The van der Waals surface area contributed by atoms with Crippen LogP contribution in [-0.4, -0.2) is 28.9 Å². The van der Waals surface area contributed by atoms with Crippen molar-refractivity contribution in [1.82, 2.24) is 0 Å². The third-order valence-corrected chi connectivity index (χ3v) is 3.98. The van der Waals surface area contributed by atoms with E-state index in [2.05, 4.69) is 0 Å². The molecule has 0 aliphatic heterocycles. The molecular formula is C16H24ClFO3. The van der Waals surface area contributed by atoms with Gasteiger partial charge >= 0.3 is 0 Å². The molecule has 0 spiro atoms. The standard InChI is InChI=1S/C16H24ClFO3/c1-7-11(14(18)15(21)16(4,5)6)8-12(20)13(17)9(2)10(3)19/h8-9,13-14H,7H2,1-6H3/b11-8-. The molecule has 0 bridgehead atoms. The van der Waals surface area contributed by atoms with Crippen LogP contribution in [0.1, 0.15) is 48.0 Å². The number of rotatable bonds is 7. The fraction of sp³-hybridized carbons (Fsp3) is 0.688. The summed E-state index contributed by atoms with van der Waals surface area (Å²) in [6, 6.07) is 0. The molecule has 0 aliphatic carbocycles. The SMILES string of the molecule is CC/C(=C/C(=O)C(Cl)C(C)C(C)=O)C(F)C(=O)C(C)(C)C. The number of halogens is 2. The monoisotopic (exact) mass is 318 g/mol. The van der Waals surface area contributed by atoms with Crippen molar-refractivity contribution in [2.45, 2.75) is 59.5 Å². The first-order valence-corrected chi connectivity index (χ1v) is 7.44. The fourth-order valence-electron chi connectivity index (χ4n) is 1.62. The molecule has 0 aromatic rings. The van der Waals surface area contributed by atoms with E-state index < -0.39 is 34.4 Å². The highest BCUT2D eigenvalue weighted by Gasteiger charge is 2.32. The molecule has 0 fully saturated rings. The molecule has 21 heavy (non-hydrogen) atoms. The Balaban J connectivity index is 5.24. The van der Waals surface area contributed by atoms with E-state index in [1.54, 1.807) is 34.6 Å². The summed E-state index contributed by atoms with van der Waals surface area (Å²) in [7, 11) is 0. The van der Waals surface area contributed by atoms with Crippen molar-refractivity contribution in [3.63, 3.8) is 0 Å². The number of carbonyl (C=O) groups is 3. The average molecular weight is 319 g/mol. The molecule has 5 heteroatoms. The van der Waals surface area contributed by atoms with Gasteiger partial charge in [-0.1, -0.05) is 34.6 Å². The maximum atomic E-state index is 14.3. The van der Waals surface area contributed by atoms with Gasteiger partial charge in [0.15, 0.2) is 17.7 Å². The lowest BCUT2D eigenvalue weighted by atomic mass is 9.85. The number of allylic oxidation sites excluding steroid dienone is 2. The summed E-state index contributed by atoms with van der Waals surface area (Å²) in [6.45, 7) is 9.43. The minimum atomic E-state index is -1.82. The molecule has 0 N–H and O–H groups in total. The van der Waals surface area contributed by atoms with Crippen molar-refractivity contribution in [2.24, 2.45) is 11.3 Å². The van der Waals surface area contributed by atoms with E-state index in [9.17, 15) is 18.8 Å². The van der Waals surface area contributed by atoms with Gasteiger partial charge in [0.1, 0.15) is 11.2 Å². The maximum absolute atomic E-state index is 14.3. The van der Waals surface area contributed by atoms with Crippen LogP contribution in [0.15, 0.2) is 11.6 Å². The highest BCUT2D eigenvalue weighted by atomic mass is 35.5. The van der Waals surface area contributed by atoms with E-state index in [4.69, 9.17) is 11.6 Å². The molecule has 0 saturated carbocycles. The van der Waals surface area contributed by atoms with E-state index in [0.717, 1.165) is 6.08 Å². The fourth-order valence-corrected chi connectivity index (χ4v) is 1.86. The first-order valence-electron chi connectivity index (χ1n) is 7.00. The minimum Gasteiger partial charge on any atom is -0.300 e. The molecule has 0 aliphatic rings. The zero-order valence-electron chi connectivity index (χ0n) is 13.5. The second-order valence-electron chi connectivity index (χ2n) is 6.25. The molecule has 3 unspecified atom stereocenters. The third-order valence-electron chi connectivity index (χ3n) is 3.38. The van der Waals surface area contributed by atoms with Crippen LogP contribution in [0.3, 0.4) is 0 Å². The first kappa shape index (κ1) is 20.0. The van der Waals surface area contributed by atoms with Crippen molar-refractivity contribution in [2.75, 3.05) is 0 Å². The Kier molecular flexibility index (Phi) is 7.45. The summed E-state index contributed by atoms with van der Waals surface area (Å²) in [5.41, 5.74) is -0.731. The Hall–Kier alpha value is -1.03. The molecule has 0 amide bonds. The number of ketones is 3. The zero-order chi connectivity index (χ0) is 17.0. The maximum Gasteiger partial charge on any atom is 0.180 e. The quantitative estimate of drug-likeness (QED) is 0.531. The molecule has 3 atom stereocenters. The molecule has 0 heterocycles. The van der Waals surface area contributed by atoms with E-state index >= 15 is 0 Å². The zero-order valence-corrected chi connectivity index (χ0v) is 14.3. The van der Waals surface area contributed by atoms with Crippen molar-refractivity contribution in [1.29, 1.82) is 0 Å². The lowest BCUT2D eigenvalue weighted by molar-refractivity contribution is -0.130. The van der Waals surface area contributed by atoms with E-state index in [0.29, 0.717) is 0 Å². The van der Waals surface area contributed by atoms with E-state index in [-0.39, 0.29) is 17.8 Å². The summed E-state index contributed by atoms with van der Waals surface area (Å²) in [5.74, 6) is -1.98. The van der Waals surface area contributed by atoms with Crippen molar-refractivity contribution >= 4 is 29.0 Å². The van der Waals surface area contributed by atoms with Crippen LogP contribution in [0.2, 0.25) is 0 Å². The summed E-state index contributed by atoms with van der Waals surface area (Å²) in [4.78, 5) is 35.2. The van der Waals surface area contributed by atoms with E-state index in [1.165, 1.54) is 6.92 Å². The third kappa shape index (κ3) is 5.70. The molecule has 0 aromatic carbocycles. The van der Waals surface area contributed by atoms with Gasteiger partial charge in [-0.05, 0) is 25.0 Å². The van der Waals surface area contributed by atoms with Crippen LogP contribution < -0.4 is 0 Å². The predicted octanol–water partition coefficient (Wildman–Crippen LogP) is 3.68. The number of alkyl halides is 2. The number of hydrogen-bond acceptors (Lipinski definition) is 3. The van der Waals surface area contributed by atoms with Crippen LogP contribution in [0.4, 0.5) is 4.39 Å². The minimum absolute atomic E-state index is 0.0985. The lowest BCUT2D eigenvalue weighted by Crippen LogP contribution is -2.32. The number of Topliss-reactive ketones (excluding diaryl/α,β-unsaturated/α-hetero) is 2. The molecule has 0 aromatic heterocycles. The normalized spacial score (nSPS) is 17.0. The smallest absolute Gasteiger partial charge is 0.180 e. The second-order valence-corrected chi connectivity index (χ2v) is 6.72. The Morgan fingerprint density at radius 1 is 1.24 bits per heavy atom. The Bertz CT molecular complexity index is 449. The van der Waals surface area contributed by atoms with Gasteiger partial charge in [-0.3, -0.25) is 14.4 Å².